The Morgan fingerprint density at radius 1 is 1.25 bits per heavy atom. The lowest BCUT2D eigenvalue weighted by molar-refractivity contribution is 1.24. The highest BCUT2D eigenvalue weighted by Crippen LogP contribution is 2.22. The van der Waals surface area contributed by atoms with E-state index in [4.69, 9.17) is 5.73 Å². The third-order valence-electron chi connectivity index (χ3n) is 2.25. The summed E-state index contributed by atoms with van der Waals surface area (Å²) < 4.78 is 0. The van der Waals surface area contributed by atoms with Gasteiger partial charge in [0.05, 0.1) is 0 Å². The standard InChI is InChI=1S/C13H14N2S/c1-10-3-2-4-11(7-10)9-16-12-5-6-13(14)15-8-12/h2-8H,9H2,1H3,(H2,14,15). The van der Waals surface area contributed by atoms with Crippen LogP contribution in [0.2, 0.25) is 0 Å². The highest BCUT2D eigenvalue weighted by molar-refractivity contribution is 7.98. The molecule has 2 nitrogen and oxygen atoms in total. The molecule has 0 aliphatic heterocycles. The van der Waals surface area contributed by atoms with Gasteiger partial charge in [0.25, 0.3) is 0 Å². The second-order valence-corrected chi connectivity index (χ2v) is 4.75. The summed E-state index contributed by atoms with van der Waals surface area (Å²) in [6.45, 7) is 2.11. The van der Waals surface area contributed by atoms with Gasteiger partial charge >= 0.3 is 0 Å². The number of pyridine rings is 1. The Kier molecular flexibility index (Phi) is 3.47. The fraction of sp³-hybridized carbons (Fsp3) is 0.154. The van der Waals surface area contributed by atoms with Crippen LogP contribution >= 0.6 is 11.8 Å². The lowest BCUT2D eigenvalue weighted by Gasteiger charge is -2.03. The molecule has 1 aromatic carbocycles. The van der Waals surface area contributed by atoms with Crippen LogP contribution in [0.3, 0.4) is 0 Å². The quantitative estimate of drug-likeness (QED) is 0.822. The predicted octanol–water partition coefficient (Wildman–Crippen LogP) is 3.26. The summed E-state index contributed by atoms with van der Waals surface area (Å²) in [7, 11) is 0. The van der Waals surface area contributed by atoms with E-state index in [1.807, 2.05) is 18.3 Å². The van der Waals surface area contributed by atoms with E-state index in [1.54, 1.807) is 11.8 Å². The topological polar surface area (TPSA) is 38.9 Å². The summed E-state index contributed by atoms with van der Waals surface area (Å²) in [5.41, 5.74) is 8.17. The minimum absolute atomic E-state index is 0.569. The van der Waals surface area contributed by atoms with Crippen molar-refractivity contribution in [3.05, 3.63) is 53.7 Å². The van der Waals surface area contributed by atoms with Crippen molar-refractivity contribution in [3.63, 3.8) is 0 Å². The fourth-order valence-electron chi connectivity index (χ4n) is 1.45. The molecule has 0 saturated heterocycles. The lowest BCUT2D eigenvalue weighted by Crippen LogP contribution is -1.88. The smallest absolute Gasteiger partial charge is 0.123 e. The molecule has 0 aliphatic carbocycles. The van der Waals surface area contributed by atoms with Gasteiger partial charge in [0.1, 0.15) is 5.82 Å². The Morgan fingerprint density at radius 2 is 2.12 bits per heavy atom. The predicted molar refractivity (Wildman–Crippen MR) is 69.4 cm³/mol. The zero-order valence-electron chi connectivity index (χ0n) is 9.18. The number of hydrogen-bond donors (Lipinski definition) is 1. The number of nitrogens with zero attached hydrogens (tertiary/aromatic N) is 1. The van der Waals surface area contributed by atoms with Gasteiger partial charge in [-0.25, -0.2) is 4.98 Å². The van der Waals surface area contributed by atoms with Crippen molar-refractivity contribution in [2.75, 3.05) is 5.73 Å². The normalized spacial score (nSPS) is 10.3. The van der Waals surface area contributed by atoms with Crippen LogP contribution in [-0.4, -0.2) is 4.98 Å². The van der Waals surface area contributed by atoms with Gasteiger partial charge in [-0.15, -0.1) is 11.8 Å². The maximum absolute atomic E-state index is 5.53. The van der Waals surface area contributed by atoms with E-state index in [0.717, 1.165) is 10.6 Å². The number of rotatable bonds is 3. The van der Waals surface area contributed by atoms with Crippen LogP contribution in [-0.2, 0) is 5.75 Å². The van der Waals surface area contributed by atoms with E-state index < -0.39 is 0 Å². The highest BCUT2D eigenvalue weighted by Gasteiger charge is 1.97. The Labute approximate surface area is 99.9 Å². The molecule has 2 rings (SSSR count). The Balaban J connectivity index is 1.99. The van der Waals surface area contributed by atoms with Crippen molar-refractivity contribution in [3.8, 4) is 0 Å². The third-order valence-corrected chi connectivity index (χ3v) is 3.30. The van der Waals surface area contributed by atoms with Gasteiger partial charge in [-0.2, -0.15) is 0 Å². The molecule has 82 valence electrons. The molecule has 3 heteroatoms. The average molecular weight is 230 g/mol. The van der Waals surface area contributed by atoms with Crippen molar-refractivity contribution in [1.82, 2.24) is 4.98 Å². The molecule has 2 aromatic rings. The summed E-state index contributed by atoms with van der Waals surface area (Å²) in [6, 6.07) is 12.4. The minimum Gasteiger partial charge on any atom is -0.384 e. The first-order chi connectivity index (χ1) is 7.74. The molecular formula is C13H14N2S. The highest BCUT2D eigenvalue weighted by atomic mass is 32.2. The monoisotopic (exact) mass is 230 g/mol. The molecule has 0 radical (unpaired) electrons. The second kappa shape index (κ2) is 5.03. The van der Waals surface area contributed by atoms with Gasteiger partial charge in [-0.1, -0.05) is 29.8 Å². The van der Waals surface area contributed by atoms with Crippen LogP contribution in [0, 0.1) is 6.92 Å². The van der Waals surface area contributed by atoms with Crippen molar-refractivity contribution in [2.45, 2.75) is 17.6 Å². The summed E-state index contributed by atoms with van der Waals surface area (Å²) in [5.74, 6) is 1.53. The first-order valence-electron chi connectivity index (χ1n) is 5.14. The van der Waals surface area contributed by atoms with Gasteiger partial charge in [0.15, 0.2) is 0 Å². The van der Waals surface area contributed by atoms with Gasteiger partial charge in [-0.05, 0) is 24.6 Å². The number of anilines is 1. The molecular weight excluding hydrogens is 216 g/mol. The number of hydrogen-bond acceptors (Lipinski definition) is 3. The van der Waals surface area contributed by atoms with Gasteiger partial charge in [0, 0.05) is 16.8 Å². The molecule has 2 N–H and O–H groups in total. The van der Waals surface area contributed by atoms with Crippen LogP contribution in [0.25, 0.3) is 0 Å². The van der Waals surface area contributed by atoms with Crippen LogP contribution in [0.1, 0.15) is 11.1 Å². The van der Waals surface area contributed by atoms with Crippen LogP contribution in [0.15, 0.2) is 47.5 Å². The van der Waals surface area contributed by atoms with Crippen molar-refractivity contribution < 1.29 is 0 Å². The number of nitrogens with two attached hydrogens (primary N) is 1. The van der Waals surface area contributed by atoms with Crippen molar-refractivity contribution >= 4 is 17.6 Å². The van der Waals surface area contributed by atoms with E-state index in [0.29, 0.717) is 5.82 Å². The SMILES string of the molecule is Cc1cccc(CSc2ccc(N)nc2)c1. The Hall–Kier alpha value is -1.48. The number of aromatic nitrogens is 1. The maximum atomic E-state index is 5.53. The van der Waals surface area contributed by atoms with Gasteiger partial charge in [-0.3, -0.25) is 0 Å². The average Bonchev–Trinajstić information content (AvgIpc) is 2.28. The molecule has 0 spiro atoms. The molecule has 0 saturated carbocycles. The van der Waals surface area contributed by atoms with Crippen molar-refractivity contribution in [2.24, 2.45) is 0 Å². The van der Waals surface area contributed by atoms with Crippen LogP contribution < -0.4 is 5.73 Å². The summed E-state index contributed by atoms with van der Waals surface area (Å²) >= 11 is 1.77. The molecule has 0 fully saturated rings. The molecule has 0 unspecified atom stereocenters. The first kappa shape index (κ1) is 11.0. The third kappa shape index (κ3) is 3.00. The summed E-state index contributed by atoms with van der Waals surface area (Å²) in [6.07, 6.45) is 1.82. The van der Waals surface area contributed by atoms with Crippen molar-refractivity contribution in [1.29, 1.82) is 0 Å². The number of thioether (sulfide) groups is 1. The zero-order chi connectivity index (χ0) is 11.4. The van der Waals surface area contributed by atoms with Crippen LogP contribution in [0.5, 0.6) is 0 Å². The Bertz CT molecular complexity index is 466. The fourth-order valence-corrected chi connectivity index (χ4v) is 2.25. The van der Waals surface area contributed by atoms with E-state index in [9.17, 15) is 0 Å². The molecule has 0 amide bonds. The van der Waals surface area contributed by atoms with Gasteiger partial charge < -0.3 is 5.73 Å². The molecule has 0 atom stereocenters. The van der Waals surface area contributed by atoms with Crippen LogP contribution in [0.4, 0.5) is 5.82 Å². The lowest BCUT2D eigenvalue weighted by atomic mass is 10.2. The van der Waals surface area contributed by atoms with Gasteiger partial charge in [0.2, 0.25) is 0 Å². The molecule has 1 heterocycles. The number of nitrogen functional groups attached to an aromatic ring is 1. The molecule has 16 heavy (non-hydrogen) atoms. The molecule has 0 bridgehead atoms. The maximum Gasteiger partial charge on any atom is 0.123 e. The second-order valence-electron chi connectivity index (χ2n) is 3.70. The van der Waals surface area contributed by atoms with E-state index in [-0.39, 0.29) is 0 Å². The van der Waals surface area contributed by atoms with E-state index >= 15 is 0 Å². The van der Waals surface area contributed by atoms with E-state index in [1.165, 1.54) is 11.1 Å². The molecule has 0 aliphatic rings. The number of benzene rings is 1. The van der Waals surface area contributed by atoms with E-state index in [2.05, 4.69) is 36.2 Å². The molecule has 1 aromatic heterocycles. The Morgan fingerprint density at radius 3 is 2.81 bits per heavy atom. The largest absolute Gasteiger partial charge is 0.384 e. The summed E-state index contributed by atoms with van der Waals surface area (Å²) in [5, 5.41) is 0. The summed E-state index contributed by atoms with van der Waals surface area (Å²) in [4.78, 5) is 5.21. The minimum atomic E-state index is 0.569. The zero-order valence-corrected chi connectivity index (χ0v) is 10.00. The number of aryl methyl sites for hydroxylation is 1. The first-order valence-corrected chi connectivity index (χ1v) is 6.12.